The highest BCUT2D eigenvalue weighted by Crippen LogP contribution is 2.29. The molecule has 0 aromatic carbocycles. The molecular formula is C14H17N5O2. The molecule has 0 saturated carbocycles. The largest absolute Gasteiger partial charge is 0.387 e. The second kappa shape index (κ2) is 6.01. The van der Waals surface area contributed by atoms with Crippen LogP contribution in [0.3, 0.4) is 0 Å². The van der Waals surface area contributed by atoms with Crippen LogP contribution in [0.1, 0.15) is 35.3 Å². The predicted octanol–water partition coefficient (Wildman–Crippen LogP) is 0.786. The van der Waals surface area contributed by atoms with Crippen molar-refractivity contribution < 1.29 is 9.90 Å². The van der Waals surface area contributed by atoms with E-state index in [2.05, 4.69) is 20.2 Å². The summed E-state index contributed by atoms with van der Waals surface area (Å²) in [4.78, 5) is 21.9. The Morgan fingerprint density at radius 1 is 1.33 bits per heavy atom. The van der Waals surface area contributed by atoms with E-state index in [1.54, 1.807) is 11.1 Å². The number of pyridine rings is 1. The fourth-order valence-corrected chi connectivity index (χ4v) is 2.67. The number of piperidine rings is 1. The quantitative estimate of drug-likeness (QED) is 0.870. The lowest BCUT2D eigenvalue weighted by Gasteiger charge is -2.33. The molecule has 2 aromatic rings. The average molecular weight is 287 g/mol. The maximum absolute atomic E-state index is 12.1. The maximum Gasteiger partial charge on any atom is 0.291 e. The molecule has 2 aromatic heterocycles. The van der Waals surface area contributed by atoms with Crippen LogP contribution in [0.15, 0.2) is 30.7 Å². The molecule has 1 aliphatic heterocycles. The number of nitrogens with zero attached hydrogens (tertiary/aromatic N) is 4. The average Bonchev–Trinajstić information content (AvgIpc) is 3.09. The summed E-state index contributed by atoms with van der Waals surface area (Å²) in [6.45, 7) is 1.21. The number of likely N-dealkylation sites (tertiary alicyclic amines) is 1. The summed E-state index contributed by atoms with van der Waals surface area (Å²) in [7, 11) is 0. The van der Waals surface area contributed by atoms with Gasteiger partial charge in [-0.1, -0.05) is 6.07 Å². The normalized spacial score (nSPS) is 17.7. The molecule has 2 N–H and O–H groups in total. The smallest absolute Gasteiger partial charge is 0.291 e. The number of aromatic amines is 1. The zero-order valence-electron chi connectivity index (χ0n) is 11.5. The van der Waals surface area contributed by atoms with Crippen LogP contribution in [-0.2, 0) is 0 Å². The van der Waals surface area contributed by atoms with E-state index in [9.17, 15) is 9.90 Å². The van der Waals surface area contributed by atoms with Crippen LogP contribution in [-0.4, -0.2) is 49.2 Å². The van der Waals surface area contributed by atoms with Gasteiger partial charge in [0.25, 0.3) is 5.91 Å². The number of hydrogen-bond donors (Lipinski definition) is 2. The first-order valence-electron chi connectivity index (χ1n) is 6.99. The topological polar surface area (TPSA) is 95.0 Å². The standard InChI is InChI=1S/C14H17N5O2/c20-12(11-3-1-2-6-15-11)10-4-7-19(8-5-10)14(21)13-16-9-17-18-13/h1-3,6,9-10,12,20H,4-5,7-8H2,(H,16,17,18)/t12-/m1/s1. The number of H-pyrrole nitrogens is 1. The molecule has 0 radical (unpaired) electrons. The molecule has 7 heteroatoms. The van der Waals surface area contributed by atoms with Gasteiger partial charge in [0.05, 0.1) is 11.8 Å². The van der Waals surface area contributed by atoms with Crippen molar-refractivity contribution in [3.63, 3.8) is 0 Å². The number of rotatable bonds is 3. The Labute approximate surface area is 122 Å². The lowest BCUT2D eigenvalue weighted by atomic mass is 9.89. The zero-order valence-corrected chi connectivity index (χ0v) is 11.5. The van der Waals surface area contributed by atoms with E-state index in [1.807, 2.05) is 18.2 Å². The molecule has 1 saturated heterocycles. The first kappa shape index (κ1) is 13.7. The van der Waals surface area contributed by atoms with Gasteiger partial charge in [-0.2, -0.15) is 5.10 Å². The number of amides is 1. The third kappa shape index (κ3) is 2.92. The van der Waals surface area contributed by atoms with Crippen LogP contribution < -0.4 is 0 Å². The number of hydrogen-bond acceptors (Lipinski definition) is 5. The van der Waals surface area contributed by atoms with Gasteiger partial charge in [-0.3, -0.25) is 14.9 Å². The minimum Gasteiger partial charge on any atom is -0.387 e. The molecular weight excluding hydrogens is 270 g/mol. The predicted molar refractivity (Wildman–Crippen MR) is 74.2 cm³/mol. The summed E-state index contributed by atoms with van der Waals surface area (Å²) in [6, 6.07) is 5.53. The van der Waals surface area contributed by atoms with Gasteiger partial charge in [0.1, 0.15) is 6.33 Å². The first-order chi connectivity index (χ1) is 10.3. The van der Waals surface area contributed by atoms with Crippen LogP contribution >= 0.6 is 0 Å². The third-order valence-corrected chi connectivity index (χ3v) is 3.88. The second-order valence-electron chi connectivity index (χ2n) is 5.16. The van der Waals surface area contributed by atoms with Crippen molar-refractivity contribution in [2.45, 2.75) is 18.9 Å². The summed E-state index contributed by atoms with van der Waals surface area (Å²) < 4.78 is 0. The van der Waals surface area contributed by atoms with E-state index in [-0.39, 0.29) is 17.6 Å². The Morgan fingerprint density at radius 3 is 2.76 bits per heavy atom. The number of aliphatic hydroxyl groups excluding tert-OH is 1. The number of nitrogens with one attached hydrogen (secondary N) is 1. The summed E-state index contributed by atoms with van der Waals surface area (Å²) in [5.74, 6) is 0.246. The molecule has 3 rings (SSSR count). The summed E-state index contributed by atoms with van der Waals surface area (Å²) in [5, 5.41) is 16.6. The van der Waals surface area contributed by atoms with Crippen molar-refractivity contribution in [1.82, 2.24) is 25.1 Å². The van der Waals surface area contributed by atoms with Crippen molar-refractivity contribution in [2.75, 3.05) is 13.1 Å². The van der Waals surface area contributed by atoms with Crippen LogP contribution in [0.5, 0.6) is 0 Å². The third-order valence-electron chi connectivity index (χ3n) is 3.88. The Balaban J connectivity index is 1.59. The summed E-state index contributed by atoms with van der Waals surface area (Å²) in [5.41, 5.74) is 0.692. The maximum atomic E-state index is 12.1. The highest BCUT2D eigenvalue weighted by molar-refractivity contribution is 5.90. The van der Waals surface area contributed by atoms with Gasteiger partial charge in [-0.05, 0) is 30.9 Å². The van der Waals surface area contributed by atoms with Crippen LogP contribution in [0, 0.1) is 5.92 Å². The van der Waals surface area contributed by atoms with E-state index in [0.29, 0.717) is 18.8 Å². The van der Waals surface area contributed by atoms with Crippen molar-refractivity contribution >= 4 is 5.91 Å². The Morgan fingerprint density at radius 2 is 2.14 bits per heavy atom. The van der Waals surface area contributed by atoms with E-state index in [0.717, 1.165) is 12.8 Å². The highest BCUT2D eigenvalue weighted by atomic mass is 16.3. The number of aromatic nitrogens is 4. The van der Waals surface area contributed by atoms with Crippen LogP contribution in [0.2, 0.25) is 0 Å². The molecule has 1 amide bonds. The van der Waals surface area contributed by atoms with Gasteiger partial charge in [0, 0.05) is 19.3 Å². The lowest BCUT2D eigenvalue weighted by Crippen LogP contribution is -2.40. The Hall–Kier alpha value is -2.28. The van der Waals surface area contributed by atoms with Crippen molar-refractivity contribution in [3.05, 3.63) is 42.2 Å². The molecule has 3 heterocycles. The molecule has 1 atom stereocenters. The van der Waals surface area contributed by atoms with Gasteiger partial charge in [0.2, 0.25) is 5.82 Å². The molecule has 0 spiro atoms. The molecule has 1 aliphatic rings. The van der Waals surface area contributed by atoms with Gasteiger partial charge in [-0.25, -0.2) is 4.98 Å². The van der Waals surface area contributed by atoms with E-state index >= 15 is 0 Å². The molecule has 0 unspecified atom stereocenters. The van der Waals surface area contributed by atoms with Gasteiger partial charge < -0.3 is 10.0 Å². The van der Waals surface area contributed by atoms with Gasteiger partial charge in [0.15, 0.2) is 0 Å². The fourth-order valence-electron chi connectivity index (χ4n) is 2.67. The van der Waals surface area contributed by atoms with Crippen LogP contribution in [0.25, 0.3) is 0 Å². The van der Waals surface area contributed by atoms with Crippen molar-refractivity contribution in [1.29, 1.82) is 0 Å². The molecule has 7 nitrogen and oxygen atoms in total. The van der Waals surface area contributed by atoms with E-state index in [4.69, 9.17) is 0 Å². The number of carbonyl (C=O) groups is 1. The number of carbonyl (C=O) groups excluding carboxylic acids is 1. The monoisotopic (exact) mass is 287 g/mol. The van der Waals surface area contributed by atoms with Gasteiger partial charge >= 0.3 is 0 Å². The number of aliphatic hydroxyl groups is 1. The molecule has 21 heavy (non-hydrogen) atoms. The molecule has 1 fully saturated rings. The summed E-state index contributed by atoms with van der Waals surface area (Å²) in [6.07, 6.45) is 3.93. The Kier molecular flexibility index (Phi) is 3.92. The highest BCUT2D eigenvalue weighted by Gasteiger charge is 2.29. The van der Waals surface area contributed by atoms with E-state index in [1.165, 1.54) is 6.33 Å². The molecule has 110 valence electrons. The fraction of sp³-hybridized carbons (Fsp3) is 0.429. The minimum atomic E-state index is -0.575. The minimum absolute atomic E-state index is 0.124. The second-order valence-corrected chi connectivity index (χ2v) is 5.16. The molecule has 0 aliphatic carbocycles. The Bertz CT molecular complexity index is 579. The van der Waals surface area contributed by atoms with Gasteiger partial charge in [-0.15, -0.1) is 0 Å². The lowest BCUT2D eigenvalue weighted by molar-refractivity contribution is 0.0440. The molecule has 0 bridgehead atoms. The first-order valence-corrected chi connectivity index (χ1v) is 6.99. The van der Waals surface area contributed by atoms with Crippen molar-refractivity contribution in [2.24, 2.45) is 5.92 Å². The van der Waals surface area contributed by atoms with Crippen LogP contribution in [0.4, 0.5) is 0 Å². The zero-order chi connectivity index (χ0) is 14.7. The van der Waals surface area contributed by atoms with Crippen molar-refractivity contribution in [3.8, 4) is 0 Å². The van der Waals surface area contributed by atoms with E-state index < -0.39 is 6.10 Å². The SMILES string of the molecule is O=C(c1ncn[nH]1)N1CCC([C@@H](O)c2ccccn2)CC1. The summed E-state index contributed by atoms with van der Waals surface area (Å²) >= 11 is 0.